The number of hydrogen-bond acceptors (Lipinski definition) is 6. The summed E-state index contributed by atoms with van der Waals surface area (Å²) in [6, 6.07) is 17.2. The number of anilines is 1. The van der Waals surface area contributed by atoms with Crippen LogP contribution in [-0.2, 0) is 14.3 Å². The highest BCUT2D eigenvalue weighted by atomic mass is 16.5. The van der Waals surface area contributed by atoms with Crippen molar-refractivity contribution in [2.75, 3.05) is 11.9 Å². The maximum absolute atomic E-state index is 13.0. The van der Waals surface area contributed by atoms with Crippen LogP contribution in [0.25, 0.3) is 0 Å². The lowest BCUT2D eigenvalue weighted by atomic mass is 10.0. The minimum absolute atomic E-state index is 0.0931. The van der Waals surface area contributed by atoms with Gasteiger partial charge < -0.3 is 25.2 Å². The molecule has 1 unspecified atom stereocenters. The largest absolute Gasteiger partial charge is 0.507 e. The number of nitrogens with one attached hydrogen (secondary N) is 2. The summed E-state index contributed by atoms with van der Waals surface area (Å²) in [5.41, 5.74) is 2.89. The van der Waals surface area contributed by atoms with E-state index in [2.05, 4.69) is 10.6 Å². The van der Waals surface area contributed by atoms with Crippen molar-refractivity contribution in [3.8, 4) is 17.2 Å². The first-order valence-electron chi connectivity index (χ1n) is 11.7. The van der Waals surface area contributed by atoms with E-state index in [0.717, 1.165) is 5.56 Å². The van der Waals surface area contributed by atoms with E-state index in [9.17, 15) is 19.5 Å². The normalized spacial score (nSPS) is 11.3. The van der Waals surface area contributed by atoms with Crippen molar-refractivity contribution in [1.29, 1.82) is 0 Å². The lowest BCUT2D eigenvalue weighted by molar-refractivity contribution is -0.152. The van der Waals surface area contributed by atoms with Crippen LogP contribution in [0.5, 0.6) is 17.2 Å². The molecule has 0 heterocycles. The number of benzene rings is 3. The zero-order valence-corrected chi connectivity index (χ0v) is 20.8. The standard InChI is InChI=1S/C28H30N2O6/c1-5-23(19-10-8-7-9-11-19)30-26(32)22-16-21(12-13-24(22)31)36-25-17(3)14-20(15-18(25)4)29-27(33)28(34)35-6-2/h7-16,23,31H,5-6H2,1-4H3,(H,29,33)(H,30,32). The van der Waals surface area contributed by atoms with Gasteiger partial charge >= 0.3 is 11.9 Å². The van der Waals surface area contributed by atoms with E-state index >= 15 is 0 Å². The molecule has 0 aliphatic heterocycles. The highest BCUT2D eigenvalue weighted by Crippen LogP contribution is 2.33. The Labute approximate surface area is 210 Å². The lowest BCUT2D eigenvalue weighted by Gasteiger charge is -2.19. The Bertz CT molecular complexity index is 1230. The number of amides is 2. The summed E-state index contributed by atoms with van der Waals surface area (Å²) in [7, 11) is 0. The molecule has 0 fully saturated rings. The molecule has 0 saturated carbocycles. The van der Waals surface area contributed by atoms with Crippen molar-refractivity contribution in [2.45, 2.75) is 40.2 Å². The predicted octanol–water partition coefficient (Wildman–Crippen LogP) is 5.18. The van der Waals surface area contributed by atoms with Gasteiger partial charge in [0, 0.05) is 5.69 Å². The smallest absolute Gasteiger partial charge is 0.397 e. The van der Waals surface area contributed by atoms with E-state index in [0.29, 0.717) is 34.7 Å². The number of esters is 1. The second-order valence-corrected chi connectivity index (χ2v) is 8.24. The number of carbonyl (C=O) groups excluding carboxylic acids is 3. The molecule has 8 heteroatoms. The molecule has 0 bridgehead atoms. The van der Waals surface area contributed by atoms with Gasteiger partial charge in [-0.25, -0.2) is 4.79 Å². The van der Waals surface area contributed by atoms with Gasteiger partial charge in [-0.15, -0.1) is 0 Å². The highest BCUT2D eigenvalue weighted by Gasteiger charge is 2.19. The third-order valence-corrected chi connectivity index (χ3v) is 5.53. The number of hydrogen-bond donors (Lipinski definition) is 3. The van der Waals surface area contributed by atoms with Crippen molar-refractivity contribution >= 4 is 23.5 Å². The second kappa shape index (κ2) is 11.9. The molecular formula is C28H30N2O6. The van der Waals surface area contributed by atoms with Gasteiger partial charge in [-0.2, -0.15) is 0 Å². The van der Waals surface area contributed by atoms with E-state index < -0.39 is 17.8 Å². The number of carbonyl (C=O) groups is 3. The van der Waals surface area contributed by atoms with Crippen molar-refractivity contribution in [1.82, 2.24) is 5.32 Å². The van der Waals surface area contributed by atoms with Crippen LogP contribution in [0.2, 0.25) is 0 Å². The van der Waals surface area contributed by atoms with Crippen molar-refractivity contribution in [2.24, 2.45) is 0 Å². The fourth-order valence-electron chi connectivity index (χ4n) is 3.78. The van der Waals surface area contributed by atoms with Gasteiger partial charge in [0.15, 0.2) is 0 Å². The second-order valence-electron chi connectivity index (χ2n) is 8.24. The molecule has 2 amide bonds. The Morgan fingerprint density at radius 3 is 2.22 bits per heavy atom. The van der Waals surface area contributed by atoms with E-state index in [-0.39, 0.29) is 24.0 Å². The molecule has 188 valence electrons. The van der Waals surface area contributed by atoms with Crippen LogP contribution in [-0.4, -0.2) is 29.5 Å². The predicted molar refractivity (Wildman–Crippen MR) is 136 cm³/mol. The van der Waals surface area contributed by atoms with Gasteiger partial charge in [0.05, 0.1) is 18.2 Å². The Balaban J connectivity index is 1.78. The molecule has 0 aliphatic carbocycles. The van der Waals surface area contributed by atoms with E-state index in [4.69, 9.17) is 9.47 Å². The lowest BCUT2D eigenvalue weighted by Crippen LogP contribution is -2.28. The molecule has 0 aromatic heterocycles. The maximum atomic E-state index is 13.0. The van der Waals surface area contributed by atoms with E-state index in [1.165, 1.54) is 12.1 Å². The molecule has 0 saturated heterocycles. The molecule has 3 N–H and O–H groups in total. The first-order chi connectivity index (χ1) is 17.2. The summed E-state index contributed by atoms with van der Waals surface area (Å²) < 4.78 is 10.8. The Kier molecular flexibility index (Phi) is 8.67. The summed E-state index contributed by atoms with van der Waals surface area (Å²) in [4.78, 5) is 36.5. The molecule has 3 rings (SSSR count). The summed E-state index contributed by atoms with van der Waals surface area (Å²) in [5, 5.41) is 15.8. The van der Waals surface area contributed by atoms with Gasteiger partial charge in [-0.3, -0.25) is 9.59 Å². The minimum atomic E-state index is -0.958. The van der Waals surface area contributed by atoms with E-state index in [1.807, 2.05) is 37.3 Å². The fraction of sp³-hybridized carbons (Fsp3) is 0.250. The average Bonchev–Trinajstić information content (AvgIpc) is 2.86. The zero-order valence-electron chi connectivity index (χ0n) is 20.8. The molecular weight excluding hydrogens is 460 g/mol. The first kappa shape index (κ1) is 26.3. The minimum Gasteiger partial charge on any atom is -0.507 e. The average molecular weight is 491 g/mol. The van der Waals surface area contributed by atoms with Crippen LogP contribution >= 0.6 is 0 Å². The van der Waals surface area contributed by atoms with Gasteiger partial charge in [-0.1, -0.05) is 37.3 Å². The Morgan fingerprint density at radius 2 is 1.61 bits per heavy atom. The Morgan fingerprint density at radius 1 is 0.944 bits per heavy atom. The maximum Gasteiger partial charge on any atom is 0.397 e. The van der Waals surface area contributed by atoms with Crippen molar-refractivity contribution in [3.63, 3.8) is 0 Å². The van der Waals surface area contributed by atoms with Crippen LogP contribution in [0, 0.1) is 13.8 Å². The van der Waals surface area contributed by atoms with Gasteiger partial charge in [0.2, 0.25) is 0 Å². The number of ether oxygens (including phenoxy) is 2. The van der Waals surface area contributed by atoms with Crippen LogP contribution in [0.1, 0.15) is 53.4 Å². The highest BCUT2D eigenvalue weighted by molar-refractivity contribution is 6.37. The SMILES string of the molecule is CCOC(=O)C(=O)Nc1cc(C)c(Oc2ccc(O)c(C(=O)NC(CC)c3ccccc3)c2)c(C)c1. The van der Waals surface area contributed by atoms with Crippen LogP contribution in [0.3, 0.4) is 0 Å². The van der Waals surface area contributed by atoms with Crippen molar-refractivity contribution < 1.29 is 29.0 Å². The molecule has 0 spiro atoms. The molecule has 1 atom stereocenters. The monoisotopic (exact) mass is 490 g/mol. The van der Waals surface area contributed by atoms with E-state index in [1.54, 1.807) is 39.0 Å². The Hall–Kier alpha value is -4.33. The number of phenols is 1. The van der Waals surface area contributed by atoms with Crippen LogP contribution < -0.4 is 15.4 Å². The number of rotatable bonds is 8. The summed E-state index contributed by atoms with van der Waals surface area (Å²) in [6.45, 7) is 7.29. The van der Waals surface area contributed by atoms with Gasteiger partial charge in [0.25, 0.3) is 5.91 Å². The van der Waals surface area contributed by atoms with Crippen LogP contribution in [0.15, 0.2) is 60.7 Å². The third kappa shape index (κ3) is 6.41. The molecule has 3 aromatic rings. The molecule has 8 nitrogen and oxygen atoms in total. The number of phenolic OH excluding ortho intramolecular Hbond substituents is 1. The van der Waals surface area contributed by atoms with Crippen LogP contribution in [0.4, 0.5) is 5.69 Å². The third-order valence-electron chi connectivity index (χ3n) is 5.53. The zero-order chi connectivity index (χ0) is 26.2. The first-order valence-corrected chi connectivity index (χ1v) is 11.7. The number of aryl methyl sites for hydroxylation is 2. The fourth-order valence-corrected chi connectivity index (χ4v) is 3.78. The summed E-state index contributed by atoms with van der Waals surface area (Å²) in [5.74, 6) is -1.51. The molecule has 0 radical (unpaired) electrons. The topological polar surface area (TPSA) is 114 Å². The molecule has 3 aromatic carbocycles. The quantitative estimate of drug-likeness (QED) is 0.296. The summed E-state index contributed by atoms with van der Waals surface area (Å²) in [6.07, 6.45) is 0.685. The van der Waals surface area contributed by atoms with Gasteiger partial charge in [0.1, 0.15) is 17.2 Å². The molecule has 36 heavy (non-hydrogen) atoms. The van der Waals surface area contributed by atoms with Crippen molar-refractivity contribution in [3.05, 3.63) is 82.9 Å². The summed E-state index contributed by atoms with van der Waals surface area (Å²) >= 11 is 0. The van der Waals surface area contributed by atoms with Gasteiger partial charge in [-0.05, 0) is 74.2 Å². The number of aromatic hydroxyl groups is 1. The molecule has 0 aliphatic rings.